The Morgan fingerprint density at radius 3 is 1.79 bits per heavy atom. The second-order valence-corrected chi connectivity index (χ2v) is 4.61. The minimum atomic E-state index is -0.236. The molecule has 0 heterocycles. The van der Waals surface area contributed by atoms with E-state index in [-0.39, 0.29) is 16.9 Å². The van der Waals surface area contributed by atoms with Crippen LogP contribution in [0.25, 0.3) is 0 Å². The molecule has 14 heavy (non-hydrogen) atoms. The van der Waals surface area contributed by atoms with Gasteiger partial charge >= 0.3 is 0 Å². The summed E-state index contributed by atoms with van der Waals surface area (Å²) in [5.74, 6) is 0.378. The molecule has 78 valence electrons. The Hall–Kier alpha value is -1.18. The van der Waals surface area contributed by atoms with Crippen LogP contribution in [-0.2, 0) is 11.8 Å². The van der Waals surface area contributed by atoms with Gasteiger partial charge < -0.3 is 10.2 Å². The smallest absolute Gasteiger partial charge is 0.123 e. The minimum Gasteiger partial charge on any atom is -0.507 e. The Morgan fingerprint density at radius 2 is 1.50 bits per heavy atom. The minimum absolute atomic E-state index is 0.189. The highest BCUT2D eigenvalue weighted by atomic mass is 16.3. The quantitative estimate of drug-likeness (QED) is 0.721. The van der Waals surface area contributed by atoms with Crippen LogP contribution in [0.4, 0.5) is 0 Å². The van der Waals surface area contributed by atoms with Gasteiger partial charge in [0.15, 0.2) is 0 Å². The number of hydrogen-bond donors (Lipinski definition) is 2. The fourth-order valence-electron chi connectivity index (χ4n) is 1.64. The van der Waals surface area contributed by atoms with Crippen molar-refractivity contribution in [1.82, 2.24) is 0 Å². The molecule has 0 unspecified atom stereocenters. The lowest BCUT2D eigenvalue weighted by atomic mass is 9.85. The van der Waals surface area contributed by atoms with Gasteiger partial charge in [0, 0.05) is 5.56 Å². The van der Waals surface area contributed by atoms with Crippen LogP contribution in [0.1, 0.15) is 38.8 Å². The van der Waals surface area contributed by atoms with E-state index in [2.05, 4.69) is 0 Å². The molecule has 0 aliphatic carbocycles. The van der Waals surface area contributed by atoms with Gasteiger partial charge in [-0.3, -0.25) is 0 Å². The van der Waals surface area contributed by atoms with Crippen molar-refractivity contribution in [3.8, 4) is 11.5 Å². The molecule has 1 rings (SSSR count). The number of phenolic OH excluding ortho intramolecular Hbond substituents is 2. The maximum absolute atomic E-state index is 9.78. The molecule has 0 saturated heterocycles. The van der Waals surface area contributed by atoms with Gasteiger partial charge in [0.25, 0.3) is 0 Å². The zero-order valence-electron chi connectivity index (χ0n) is 9.26. The van der Waals surface area contributed by atoms with Gasteiger partial charge in [0.2, 0.25) is 0 Å². The van der Waals surface area contributed by atoms with Crippen LogP contribution in [0, 0.1) is 0 Å². The molecular formula is C12H18O2. The first-order valence-corrected chi connectivity index (χ1v) is 4.91. The molecule has 0 atom stereocenters. The lowest BCUT2D eigenvalue weighted by Crippen LogP contribution is -2.11. The SMILES string of the molecule is CCc1cc(O)c(C(C)(C)C)c(O)c1. The van der Waals surface area contributed by atoms with Gasteiger partial charge in [-0.1, -0.05) is 27.7 Å². The molecule has 0 aliphatic heterocycles. The van der Waals surface area contributed by atoms with Crippen LogP contribution in [0.3, 0.4) is 0 Å². The standard InChI is InChI=1S/C12H18O2/c1-5-8-6-9(13)11(10(14)7-8)12(2,3)4/h6-7,13-14H,5H2,1-4H3. The predicted molar refractivity (Wildman–Crippen MR) is 57.8 cm³/mol. The molecule has 0 fully saturated rings. The summed E-state index contributed by atoms with van der Waals surface area (Å²) in [4.78, 5) is 0. The number of aryl methyl sites for hydroxylation is 1. The predicted octanol–water partition coefficient (Wildman–Crippen LogP) is 2.96. The Labute approximate surface area is 85.2 Å². The van der Waals surface area contributed by atoms with E-state index in [4.69, 9.17) is 0 Å². The number of phenols is 2. The number of aromatic hydroxyl groups is 2. The van der Waals surface area contributed by atoms with E-state index in [1.54, 1.807) is 12.1 Å². The molecule has 0 saturated carbocycles. The van der Waals surface area contributed by atoms with E-state index >= 15 is 0 Å². The van der Waals surface area contributed by atoms with Gasteiger partial charge in [-0.2, -0.15) is 0 Å². The molecule has 0 amide bonds. The van der Waals surface area contributed by atoms with Gasteiger partial charge in [-0.05, 0) is 29.5 Å². The Bertz CT molecular complexity index is 312. The highest BCUT2D eigenvalue weighted by Gasteiger charge is 2.22. The Morgan fingerprint density at radius 1 is 1.07 bits per heavy atom. The highest BCUT2D eigenvalue weighted by molar-refractivity contribution is 5.50. The van der Waals surface area contributed by atoms with Crippen molar-refractivity contribution in [3.63, 3.8) is 0 Å². The highest BCUT2D eigenvalue weighted by Crippen LogP contribution is 2.38. The van der Waals surface area contributed by atoms with Crippen molar-refractivity contribution < 1.29 is 10.2 Å². The zero-order chi connectivity index (χ0) is 10.9. The van der Waals surface area contributed by atoms with Crippen molar-refractivity contribution >= 4 is 0 Å². The van der Waals surface area contributed by atoms with E-state index in [1.165, 1.54) is 0 Å². The summed E-state index contributed by atoms with van der Waals surface area (Å²) >= 11 is 0. The lowest BCUT2D eigenvalue weighted by molar-refractivity contribution is 0.409. The first-order chi connectivity index (χ1) is 6.36. The van der Waals surface area contributed by atoms with Crippen molar-refractivity contribution in [3.05, 3.63) is 23.3 Å². The Balaban J connectivity index is 3.33. The Kier molecular flexibility index (Phi) is 2.74. The topological polar surface area (TPSA) is 40.5 Å². The van der Waals surface area contributed by atoms with E-state index < -0.39 is 0 Å². The second-order valence-electron chi connectivity index (χ2n) is 4.61. The molecule has 2 heteroatoms. The summed E-state index contributed by atoms with van der Waals surface area (Å²) in [6.45, 7) is 7.89. The maximum Gasteiger partial charge on any atom is 0.123 e. The first kappa shape index (κ1) is 10.9. The number of hydrogen-bond acceptors (Lipinski definition) is 2. The van der Waals surface area contributed by atoms with Crippen molar-refractivity contribution in [1.29, 1.82) is 0 Å². The molecule has 1 aromatic carbocycles. The van der Waals surface area contributed by atoms with Crippen LogP contribution in [-0.4, -0.2) is 10.2 Å². The van der Waals surface area contributed by atoms with Crippen LogP contribution >= 0.6 is 0 Å². The fraction of sp³-hybridized carbons (Fsp3) is 0.500. The summed E-state index contributed by atoms with van der Waals surface area (Å²) in [5.41, 5.74) is 1.34. The molecular weight excluding hydrogens is 176 g/mol. The summed E-state index contributed by atoms with van der Waals surface area (Å²) < 4.78 is 0. The number of rotatable bonds is 1. The van der Waals surface area contributed by atoms with Gasteiger partial charge in [-0.15, -0.1) is 0 Å². The molecule has 0 bridgehead atoms. The second kappa shape index (κ2) is 3.52. The molecule has 0 spiro atoms. The molecule has 0 aliphatic rings. The third-order valence-electron chi connectivity index (χ3n) is 2.31. The summed E-state index contributed by atoms with van der Waals surface area (Å²) in [6, 6.07) is 3.45. The van der Waals surface area contributed by atoms with Crippen LogP contribution in [0.5, 0.6) is 11.5 Å². The molecule has 2 N–H and O–H groups in total. The summed E-state index contributed by atoms with van der Waals surface area (Å²) in [5, 5.41) is 19.6. The normalized spacial score (nSPS) is 11.7. The van der Waals surface area contributed by atoms with E-state index in [0.29, 0.717) is 5.56 Å². The summed E-state index contributed by atoms with van der Waals surface area (Å²) in [7, 11) is 0. The fourth-order valence-corrected chi connectivity index (χ4v) is 1.64. The molecule has 0 radical (unpaired) electrons. The van der Waals surface area contributed by atoms with Crippen molar-refractivity contribution in [2.75, 3.05) is 0 Å². The third-order valence-corrected chi connectivity index (χ3v) is 2.31. The van der Waals surface area contributed by atoms with E-state index in [0.717, 1.165) is 12.0 Å². The van der Waals surface area contributed by atoms with Crippen LogP contribution in [0.2, 0.25) is 0 Å². The average molecular weight is 194 g/mol. The third kappa shape index (κ3) is 2.00. The van der Waals surface area contributed by atoms with Gasteiger partial charge in [-0.25, -0.2) is 0 Å². The molecule has 0 aromatic heterocycles. The summed E-state index contributed by atoms with van der Waals surface area (Å²) in [6.07, 6.45) is 0.811. The van der Waals surface area contributed by atoms with Crippen molar-refractivity contribution in [2.45, 2.75) is 39.5 Å². The molecule has 1 aromatic rings. The van der Waals surface area contributed by atoms with Gasteiger partial charge in [0.1, 0.15) is 11.5 Å². The van der Waals surface area contributed by atoms with E-state index in [9.17, 15) is 10.2 Å². The maximum atomic E-state index is 9.78. The van der Waals surface area contributed by atoms with E-state index in [1.807, 2.05) is 27.7 Å². The lowest BCUT2D eigenvalue weighted by Gasteiger charge is -2.22. The first-order valence-electron chi connectivity index (χ1n) is 4.91. The van der Waals surface area contributed by atoms with Crippen molar-refractivity contribution in [2.24, 2.45) is 0 Å². The average Bonchev–Trinajstić information content (AvgIpc) is 1.99. The number of benzene rings is 1. The largest absolute Gasteiger partial charge is 0.507 e. The van der Waals surface area contributed by atoms with Crippen LogP contribution in [0.15, 0.2) is 12.1 Å². The van der Waals surface area contributed by atoms with Gasteiger partial charge in [0.05, 0.1) is 0 Å². The monoisotopic (exact) mass is 194 g/mol. The zero-order valence-corrected chi connectivity index (χ0v) is 9.26. The molecule has 2 nitrogen and oxygen atoms in total. The van der Waals surface area contributed by atoms with Crippen LogP contribution < -0.4 is 0 Å².